The van der Waals surface area contributed by atoms with E-state index in [1.807, 2.05) is 30.3 Å². The molecular formula is C24H21F6NO3. The van der Waals surface area contributed by atoms with Crippen LogP contribution in [0.25, 0.3) is 11.1 Å². The van der Waals surface area contributed by atoms with Crippen LogP contribution in [0.3, 0.4) is 0 Å². The van der Waals surface area contributed by atoms with Crippen LogP contribution in [0.1, 0.15) is 27.0 Å². The Balaban J connectivity index is 0.000000240. The Morgan fingerprint density at radius 2 is 1.35 bits per heavy atom. The summed E-state index contributed by atoms with van der Waals surface area (Å²) in [6, 6.07) is 15.8. The molecule has 182 valence electrons. The third-order valence-electron chi connectivity index (χ3n) is 4.58. The van der Waals surface area contributed by atoms with Gasteiger partial charge in [-0.25, -0.2) is 4.79 Å². The summed E-state index contributed by atoms with van der Waals surface area (Å²) < 4.78 is 79.6. The lowest BCUT2D eigenvalue weighted by atomic mass is 9.99. The van der Waals surface area contributed by atoms with Crippen LogP contribution in [0.5, 0.6) is 5.75 Å². The molecule has 0 aliphatic heterocycles. The van der Waals surface area contributed by atoms with Crippen LogP contribution < -0.4 is 10.1 Å². The summed E-state index contributed by atoms with van der Waals surface area (Å²) in [5.41, 5.74) is -0.924. The maximum atomic E-state index is 12.4. The van der Waals surface area contributed by atoms with Crippen molar-refractivity contribution in [1.82, 2.24) is 5.32 Å². The highest BCUT2D eigenvalue weighted by molar-refractivity contribution is 5.96. The van der Waals surface area contributed by atoms with Gasteiger partial charge >= 0.3 is 18.3 Å². The lowest BCUT2D eigenvalue weighted by Gasteiger charge is -2.13. The van der Waals surface area contributed by atoms with Crippen LogP contribution in [0.15, 0.2) is 66.7 Å². The Hall–Kier alpha value is -3.53. The van der Waals surface area contributed by atoms with Gasteiger partial charge in [-0.1, -0.05) is 36.4 Å². The SMILES string of the molecule is CNCc1cc(C(F)(F)F)cc(C(F)(F)F)c1.COc1ccccc1-c1ccccc1C(=O)O. The smallest absolute Gasteiger partial charge is 0.416 e. The Kier molecular flexibility index (Phi) is 8.69. The van der Waals surface area contributed by atoms with Gasteiger partial charge in [-0.05, 0) is 48.5 Å². The zero-order chi connectivity index (χ0) is 25.5. The molecule has 0 aliphatic carbocycles. The fourth-order valence-corrected chi connectivity index (χ4v) is 3.10. The van der Waals surface area contributed by atoms with Crippen LogP contribution >= 0.6 is 0 Å². The van der Waals surface area contributed by atoms with Crippen molar-refractivity contribution in [3.8, 4) is 16.9 Å². The third kappa shape index (κ3) is 6.98. The number of carboxylic acids is 1. The number of halogens is 6. The molecule has 4 nitrogen and oxygen atoms in total. The van der Waals surface area contributed by atoms with Gasteiger partial charge in [0.15, 0.2) is 0 Å². The molecule has 3 aromatic rings. The summed E-state index contributed by atoms with van der Waals surface area (Å²) in [6.45, 7) is -0.0625. The quantitative estimate of drug-likeness (QED) is 0.405. The molecule has 0 saturated carbocycles. The summed E-state index contributed by atoms with van der Waals surface area (Å²) in [7, 11) is 3.01. The third-order valence-corrected chi connectivity index (χ3v) is 4.58. The van der Waals surface area contributed by atoms with E-state index in [1.165, 1.54) is 7.05 Å². The molecule has 0 aromatic heterocycles. The predicted octanol–water partition coefficient (Wildman–Crippen LogP) is 6.50. The first kappa shape index (κ1) is 26.7. The van der Waals surface area contributed by atoms with Gasteiger partial charge in [-0.2, -0.15) is 26.3 Å². The van der Waals surface area contributed by atoms with Gasteiger partial charge in [0.1, 0.15) is 5.75 Å². The zero-order valence-electron chi connectivity index (χ0n) is 18.1. The number of hydrogen-bond donors (Lipinski definition) is 2. The molecular weight excluding hydrogens is 464 g/mol. The topological polar surface area (TPSA) is 58.6 Å². The summed E-state index contributed by atoms with van der Waals surface area (Å²) in [5.74, 6) is -0.271. The fraction of sp³-hybridized carbons (Fsp3) is 0.208. The van der Waals surface area contributed by atoms with Gasteiger partial charge in [0.2, 0.25) is 0 Å². The number of hydrogen-bond acceptors (Lipinski definition) is 3. The number of methoxy groups -OCH3 is 1. The molecule has 34 heavy (non-hydrogen) atoms. The number of ether oxygens (including phenoxy) is 1. The standard InChI is InChI=1S/C14H12O3.C10H9F6N/c1-17-13-9-5-4-7-11(13)10-6-2-3-8-12(10)14(15)16;1-17-5-6-2-7(9(11,12)13)4-8(3-6)10(14,15)16/h2-9H,1H3,(H,15,16);2-4,17H,5H2,1H3. The summed E-state index contributed by atoms with van der Waals surface area (Å²) in [5, 5.41) is 11.7. The highest BCUT2D eigenvalue weighted by Gasteiger charge is 2.36. The van der Waals surface area contributed by atoms with E-state index < -0.39 is 29.4 Å². The predicted molar refractivity (Wildman–Crippen MR) is 115 cm³/mol. The van der Waals surface area contributed by atoms with Crippen LogP contribution in [0.4, 0.5) is 26.3 Å². The highest BCUT2D eigenvalue weighted by atomic mass is 19.4. The van der Waals surface area contributed by atoms with Crippen LogP contribution in [-0.2, 0) is 18.9 Å². The lowest BCUT2D eigenvalue weighted by molar-refractivity contribution is -0.143. The maximum absolute atomic E-state index is 12.4. The van der Waals surface area contributed by atoms with Crippen molar-refractivity contribution in [2.75, 3.05) is 14.2 Å². The van der Waals surface area contributed by atoms with E-state index in [-0.39, 0.29) is 23.7 Å². The second kappa shape index (κ2) is 11.1. The van der Waals surface area contributed by atoms with Crippen LogP contribution in [-0.4, -0.2) is 25.2 Å². The molecule has 10 heteroatoms. The molecule has 0 heterocycles. The van der Waals surface area contributed by atoms with Gasteiger partial charge in [0, 0.05) is 12.1 Å². The van der Waals surface area contributed by atoms with Crippen molar-refractivity contribution < 1.29 is 41.0 Å². The van der Waals surface area contributed by atoms with Crippen molar-refractivity contribution >= 4 is 5.97 Å². The number of nitrogens with one attached hydrogen (secondary N) is 1. The fourth-order valence-electron chi connectivity index (χ4n) is 3.10. The van der Waals surface area contributed by atoms with Crippen molar-refractivity contribution in [3.63, 3.8) is 0 Å². The number of carboxylic acid groups (broad SMARTS) is 1. The summed E-state index contributed by atoms with van der Waals surface area (Å²) >= 11 is 0. The molecule has 3 rings (SSSR count). The molecule has 2 N–H and O–H groups in total. The number of rotatable bonds is 5. The largest absolute Gasteiger partial charge is 0.496 e. The molecule has 3 aromatic carbocycles. The van der Waals surface area contributed by atoms with Gasteiger partial charge in [0.25, 0.3) is 0 Å². The maximum Gasteiger partial charge on any atom is 0.416 e. The highest BCUT2D eigenvalue weighted by Crippen LogP contribution is 2.36. The minimum atomic E-state index is -4.79. The normalized spacial score (nSPS) is 11.4. The number of benzene rings is 3. The molecule has 0 unspecified atom stereocenters. The Bertz CT molecular complexity index is 1090. The average Bonchev–Trinajstić information content (AvgIpc) is 2.78. The summed E-state index contributed by atoms with van der Waals surface area (Å²) in [4.78, 5) is 11.2. The monoisotopic (exact) mass is 485 g/mol. The zero-order valence-corrected chi connectivity index (χ0v) is 18.1. The molecule has 0 fully saturated rings. The van der Waals surface area contributed by atoms with E-state index in [4.69, 9.17) is 9.84 Å². The molecule has 0 atom stereocenters. The van der Waals surface area contributed by atoms with E-state index in [2.05, 4.69) is 5.32 Å². The Morgan fingerprint density at radius 3 is 1.82 bits per heavy atom. The number of para-hydroxylation sites is 1. The van der Waals surface area contributed by atoms with Crippen molar-refractivity contribution in [3.05, 3.63) is 89.0 Å². The van der Waals surface area contributed by atoms with E-state index in [0.717, 1.165) is 5.56 Å². The number of aromatic carboxylic acids is 1. The van der Waals surface area contributed by atoms with Crippen molar-refractivity contribution in [2.45, 2.75) is 18.9 Å². The molecule has 0 amide bonds. The first-order chi connectivity index (χ1) is 15.9. The molecule has 0 radical (unpaired) electrons. The first-order valence-electron chi connectivity index (χ1n) is 9.77. The van der Waals surface area contributed by atoms with Crippen LogP contribution in [0, 0.1) is 0 Å². The van der Waals surface area contributed by atoms with Crippen molar-refractivity contribution in [1.29, 1.82) is 0 Å². The lowest BCUT2D eigenvalue weighted by Crippen LogP contribution is -2.14. The van der Waals surface area contributed by atoms with Crippen molar-refractivity contribution in [2.24, 2.45) is 0 Å². The summed E-state index contributed by atoms with van der Waals surface area (Å²) in [6.07, 6.45) is -9.58. The van der Waals surface area contributed by atoms with Gasteiger partial charge in [-0.3, -0.25) is 0 Å². The van der Waals surface area contributed by atoms with Gasteiger partial charge < -0.3 is 15.2 Å². The van der Waals surface area contributed by atoms with Gasteiger partial charge in [0.05, 0.1) is 23.8 Å². The van der Waals surface area contributed by atoms with E-state index in [1.54, 1.807) is 25.3 Å². The van der Waals surface area contributed by atoms with E-state index >= 15 is 0 Å². The van der Waals surface area contributed by atoms with Gasteiger partial charge in [-0.15, -0.1) is 0 Å². The second-order valence-corrected chi connectivity index (χ2v) is 7.00. The van der Waals surface area contributed by atoms with E-state index in [9.17, 15) is 31.1 Å². The second-order valence-electron chi connectivity index (χ2n) is 7.00. The molecule has 0 bridgehead atoms. The average molecular weight is 485 g/mol. The minimum absolute atomic E-state index is 0.0605. The Labute approximate surface area is 191 Å². The number of carbonyl (C=O) groups is 1. The Morgan fingerprint density at radius 1 is 0.853 bits per heavy atom. The number of alkyl halides is 6. The minimum Gasteiger partial charge on any atom is -0.496 e. The molecule has 0 aliphatic rings. The molecule has 0 saturated heterocycles. The van der Waals surface area contributed by atoms with E-state index in [0.29, 0.717) is 23.4 Å². The van der Waals surface area contributed by atoms with Crippen LogP contribution in [0.2, 0.25) is 0 Å². The molecule has 0 spiro atoms. The first-order valence-corrected chi connectivity index (χ1v) is 9.77.